The zero-order valence-corrected chi connectivity index (χ0v) is 11.2. The SMILES string of the molecule is CC1(C)CCC(CNCc2ccccc2)CC1. The van der Waals surface area contributed by atoms with Gasteiger partial charge in [0.15, 0.2) is 0 Å². The van der Waals surface area contributed by atoms with Crippen molar-refractivity contribution in [2.45, 2.75) is 46.1 Å². The van der Waals surface area contributed by atoms with Crippen molar-refractivity contribution in [1.82, 2.24) is 5.32 Å². The van der Waals surface area contributed by atoms with Gasteiger partial charge in [-0.05, 0) is 49.1 Å². The molecule has 1 N–H and O–H groups in total. The van der Waals surface area contributed by atoms with Gasteiger partial charge in [-0.3, -0.25) is 0 Å². The van der Waals surface area contributed by atoms with E-state index in [0.29, 0.717) is 5.41 Å². The molecule has 0 saturated heterocycles. The van der Waals surface area contributed by atoms with E-state index >= 15 is 0 Å². The van der Waals surface area contributed by atoms with E-state index in [2.05, 4.69) is 49.5 Å². The first kappa shape index (κ1) is 12.6. The van der Waals surface area contributed by atoms with Crippen molar-refractivity contribution in [3.8, 4) is 0 Å². The molecule has 2 rings (SSSR count). The Morgan fingerprint density at radius 3 is 2.41 bits per heavy atom. The van der Waals surface area contributed by atoms with Crippen LogP contribution in [0, 0.1) is 11.3 Å². The van der Waals surface area contributed by atoms with Crippen molar-refractivity contribution in [2.24, 2.45) is 11.3 Å². The summed E-state index contributed by atoms with van der Waals surface area (Å²) in [7, 11) is 0. The molecule has 1 aliphatic rings. The first-order chi connectivity index (χ1) is 8.16. The maximum absolute atomic E-state index is 3.60. The highest BCUT2D eigenvalue weighted by Crippen LogP contribution is 2.37. The minimum Gasteiger partial charge on any atom is -0.312 e. The van der Waals surface area contributed by atoms with Gasteiger partial charge in [-0.2, -0.15) is 0 Å². The molecule has 1 aromatic rings. The van der Waals surface area contributed by atoms with Crippen molar-refractivity contribution in [2.75, 3.05) is 6.54 Å². The van der Waals surface area contributed by atoms with Gasteiger partial charge >= 0.3 is 0 Å². The largest absolute Gasteiger partial charge is 0.312 e. The third-order valence-corrected chi connectivity index (χ3v) is 4.06. The van der Waals surface area contributed by atoms with Crippen molar-refractivity contribution in [3.63, 3.8) is 0 Å². The van der Waals surface area contributed by atoms with Crippen molar-refractivity contribution in [3.05, 3.63) is 35.9 Å². The van der Waals surface area contributed by atoms with E-state index in [0.717, 1.165) is 12.5 Å². The van der Waals surface area contributed by atoms with E-state index in [1.54, 1.807) is 0 Å². The zero-order chi connectivity index (χ0) is 12.1. The van der Waals surface area contributed by atoms with Crippen LogP contribution < -0.4 is 5.32 Å². The van der Waals surface area contributed by atoms with Crippen LogP contribution in [0.2, 0.25) is 0 Å². The highest BCUT2D eigenvalue weighted by molar-refractivity contribution is 5.14. The van der Waals surface area contributed by atoms with Gasteiger partial charge < -0.3 is 5.32 Å². The van der Waals surface area contributed by atoms with Gasteiger partial charge in [0.25, 0.3) is 0 Å². The lowest BCUT2D eigenvalue weighted by molar-refractivity contribution is 0.188. The number of rotatable bonds is 4. The molecule has 0 spiro atoms. The monoisotopic (exact) mass is 231 g/mol. The predicted molar refractivity (Wildman–Crippen MR) is 73.9 cm³/mol. The first-order valence-electron chi connectivity index (χ1n) is 6.90. The van der Waals surface area contributed by atoms with Crippen LogP contribution in [0.15, 0.2) is 30.3 Å². The summed E-state index contributed by atoms with van der Waals surface area (Å²) < 4.78 is 0. The molecule has 1 saturated carbocycles. The van der Waals surface area contributed by atoms with E-state index in [1.807, 2.05) is 0 Å². The second-order valence-electron chi connectivity index (χ2n) is 6.22. The molecule has 1 aliphatic carbocycles. The van der Waals surface area contributed by atoms with Crippen LogP contribution in [-0.4, -0.2) is 6.54 Å². The van der Waals surface area contributed by atoms with Gasteiger partial charge in [-0.1, -0.05) is 44.2 Å². The average molecular weight is 231 g/mol. The Morgan fingerprint density at radius 2 is 1.76 bits per heavy atom. The third kappa shape index (κ3) is 4.16. The standard InChI is InChI=1S/C16H25N/c1-16(2)10-8-15(9-11-16)13-17-12-14-6-4-3-5-7-14/h3-7,15,17H,8-13H2,1-2H3. The molecular formula is C16H25N. The zero-order valence-electron chi connectivity index (χ0n) is 11.2. The Balaban J connectivity index is 1.67. The number of hydrogen-bond donors (Lipinski definition) is 1. The molecule has 0 unspecified atom stereocenters. The molecule has 0 aliphatic heterocycles. The van der Waals surface area contributed by atoms with Gasteiger partial charge in [0.1, 0.15) is 0 Å². The van der Waals surface area contributed by atoms with Crippen LogP contribution in [0.3, 0.4) is 0 Å². The molecule has 0 atom stereocenters. The topological polar surface area (TPSA) is 12.0 Å². The molecule has 1 nitrogen and oxygen atoms in total. The van der Waals surface area contributed by atoms with Crippen molar-refractivity contribution < 1.29 is 0 Å². The normalized spacial score (nSPS) is 20.4. The minimum absolute atomic E-state index is 0.593. The van der Waals surface area contributed by atoms with Crippen LogP contribution >= 0.6 is 0 Å². The van der Waals surface area contributed by atoms with Crippen LogP contribution in [0.25, 0.3) is 0 Å². The number of hydrogen-bond acceptors (Lipinski definition) is 1. The molecule has 94 valence electrons. The summed E-state index contributed by atoms with van der Waals surface area (Å²) in [4.78, 5) is 0. The van der Waals surface area contributed by atoms with Crippen LogP contribution in [0.1, 0.15) is 45.1 Å². The quantitative estimate of drug-likeness (QED) is 0.826. The van der Waals surface area contributed by atoms with Gasteiger partial charge in [0, 0.05) is 6.54 Å². The molecule has 0 bridgehead atoms. The number of nitrogens with one attached hydrogen (secondary N) is 1. The molecular weight excluding hydrogens is 206 g/mol. The Kier molecular flexibility index (Phi) is 4.22. The Bertz CT molecular complexity index is 319. The summed E-state index contributed by atoms with van der Waals surface area (Å²) >= 11 is 0. The minimum atomic E-state index is 0.593. The maximum atomic E-state index is 3.60. The average Bonchev–Trinajstić information content (AvgIpc) is 2.33. The molecule has 0 aromatic heterocycles. The lowest BCUT2D eigenvalue weighted by atomic mass is 9.73. The second kappa shape index (κ2) is 5.68. The van der Waals surface area contributed by atoms with E-state index in [9.17, 15) is 0 Å². The second-order valence-corrected chi connectivity index (χ2v) is 6.22. The van der Waals surface area contributed by atoms with E-state index in [1.165, 1.54) is 37.8 Å². The fourth-order valence-electron chi connectivity index (χ4n) is 2.68. The Hall–Kier alpha value is -0.820. The molecule has 0 heterocycles. The molecule has 1 aromatic carbocycles. The fourth-order valence-corrected chi connectivity index (χ4v) is 2.68. The fraction of sp³-hybridized carbons (Fsp3) is 0.625. The Morgan fingerprint density at radius 1 is 1.12 bits per heavy atom. The van der Waals surface area contributed by atoms with Gasteiger partial charge in [0.2, 0.25) is 0 Å². The van der Waals surface area contributed by atoms with E-state index in [4.69, 9.17) is 0 Å². The smallest absolute Gasteiger partial charge is 0.0205 e. The highest BCUT2D eigenvalue weighted by Gasteiger charge is 2.26. The summed E-state index contributed by atoms with van der Waals surface area (Å²) in [6, 6.07) is 10.7. The van der Waals surface area contributed by atoms with Crippen LogP contribution in [-0.2, 0) is 6.54 Å². The molecule has 1 heteroatoms. The van der Waals surface area contributed by atoms with E-state index < -0.39 is 0 Å². The molecule has 17 heavy (non-hydrogen) atoms. The summed E-state index contributed by atoms with van der Waals surface area (Å²) in [5.74, 6) is 0.895. The van der Waals surface area contributed by atoms with Gasteiger partial charge in [0.05, 0.1) is 0 Å². The van der Waals surface area contributed by atoms with Gasteiger partial charge in [-0.25, -0.2) is 0 Å². The molecule has 1 fully saturated rings. The van der Waals surface area contributed by atoms with Crippen molar-refractivity contribution >= 4 is 0 Å². The van der Waals surface area contributed by atoms with Crippen LogP contribution in [0.5, 0.6) is 0 Å². The van der Waals surface area contributed by atoms with Crippen LogP contribution in [0.4, 0.5) is 0 Å². The Labute approximate surface area is 106 Å². The predicted octanol–water partition coefficient (Wildman–Crippen LogP) is 3.99. The third-order valence-electron chi connectivity index (χ3n) is 4.06. The lowest BCUT2D eigenvalue weighted by Crippen LogP contribution is -2.28. The summed E-state index contributed by atoms with van der Waals surface area (Å²) in [5, 5.41) is 3.60. The summed E-state index contributed by atoms with van der Waals surface area (Å²) in [5.41, 5.74) is 1.99. The number of benzene rings is 1. The lowest BCUT2D eigenvalue weighted by Gasteiger charge is -2.34. The first-order valence-corrected chi connectivity index (χ1v) is 6.90. The molecule has 0 radical (unpaired) electrons. The van der Waals surface area contributed by atoms with E-state index in [-0.39, 0.29) is 0 Å². The maximum Gasteiger partial charge on any atom is 0.0205 e. The summed E-state index contributed by atoms with van der Waals surface area (Å²) in [6.07, 6.45) is 5.58. The molecule has 0 amide bonds. The van der Waals surface area contributed by atoms with Gasteiger partial charge in [-0.15, -0.1) is 0 Å². The summed E-state index contributed by atoms with van der Waals surface area (Å²) in [6.45, 7) is 7.01. The highest BCUT2D eigenvalue weighted by atomic mass is 14.9. The van der Waals surface area contributed by atoms with Crippen molar-refractivity contribution in [1.29, 1.82) is 0 Å².